The van der Waals surface area contributed by atoms with Crippen LogP contribution in [0.2, 0.25) is 0 Å². The third-order valence-corrected chi connectivity index (χ3v) is 17.6. The van der Waals surface area contributed by atoms with Crippen LogP contribution >= 0.6 is 0 Å². The van der Waals surface area contributed by atoms with Crippen molar-refractivity contribution in [3.8, 4) is 34.5 Å². The first-order chi connectivity index (χ1) is 39.9. The zero-order valence-corrected chi connectivity index (χ0v) is 46.7. The molecular weight excluding hydrogens is 1090 g/mol. The number of phenolic OH excluding ortho intramolecular Hbond substituents is 4. The van der Waals surface area contributed by atoms with E-state index < -0.39 is 178 Å². The number of carbonyl (C=O) groups is 6. The second kappa shape index (κ2) is 21.9. The van der Waals surface area contributed by atoms with Gasteiger partial charge in [0.15, 0.2) is 35.7 Å². The number of phenols is 4. The van der Waals surface area contributed by atoms with E-state index in [0.717, 1.165) is 25.0 Å². The summed E-state index contributed by atoms with van der Waals surface area (Å²) in [6.07, 6.45) is -10.7. The van der Waals surface area contributed by atoms with Crippen molar-refractivity contribution in [1.29, 1.82) is 0 Å². The molecule has 2 aliphatic heterocycles. The van der Waals surface area contributed by atoms with Crippen LogP contribution in [0, 0.1) is 0 Å². The summed E-state index contributed by atoms with van der Waals surface area (Å²) in [5, 5.41) is 101. The van der Waals surface area contributed by atoms with Crippen molar-refractivity contribution in [1.82, 2.24) is 10.6 Å². The number of benzene rings is 5. The zero-order chi connectivity index (χ0) is 60.2. The van der Waals surface area contributed by atoms with Crippen molar-refractivity contribution in [3.05, 3.63) is 139 Å². The molecule has 5 aromatic rings. The molecule has 11 rings (SSSR count). The molecule has 0 amide bonds. The fraction of sp³-hybridized carbons (Fsp3) is 0.419. The predicted molar refractivity (Wildman–Crippen MR) is 292 cm³/mol. The minimum Gasteiger partial charge on any atom is -0.507 e. The van der Waals surface area contributed by atoms with E-state index in [-0.39, 0.29) is 81.9 Å². The first-order valence-corrected chi connectivity index (χ1v) is 27.6. The lowest BCUT2D eigenvalue weighted by atomic mass is 9.72. The standard InChI is InChI=1S/C62H64N2O20/c1-25-51(67)35(17-41(81-25)83-39-21-61(77,27(3)65)19-33-45(39)59(75)49-47(55(33)71)53(69)31-12-8-14-37(79-5)43(31)57(49)73)63-23-29-10-7-11-30(16-29)24-64-36-18-42(82-26(2)52(36)68)84-40-22-62(78,28(4)66)20-34-46(40)60(76)50-48(56(34)72)54(70)32-13-9-15-38(80-6)44(32)58(50)74/h7-16,25-26,35-36,39-42,51-52,63-64,67-68,71-72,75-78H,17-24H2,1-6H3/t25-,26+,35-,36+,39-,40-,41-,42+,51+,52-,61-,62-/m0/s1. The zero-order valence-electron chi connectivity index (χ0n) is 46.7. The summed E-state index contributed by atoms with van der Waals surface area (Å²) >= 11 is 0. The van der Waals surface area contributed by atoms with Gasteiger partial charge in [0.05, 0.1) is 84.2 Å². The van der Waals surface area contributed by atoms with Gasteiger partial charge in [0.1, 0.15) is 45.7 Å². The molecule has 2 saturated heterocycles. The molecule has 0 aromatic heterocycles. The second-order valence-corrected chi connectivity index (χ2v) is 22.7. The van der Waals surface area contributed by atoms with Crippen molar-refractivity contribution < 1.29 is 98.0 Å². The Balaban J connectivity index is 0.783. The number of Topliss-reactive ketones (excluding diaryl/α,β-unsaturated/α-hetero) is 2. The molecule has 2 fully saturated rings. The number of ether oxygens (including phenoxy) is 6. The van der Waals surface area contributed by atoms with Gasteiger partial charge >= 0.3 is 0 Å². The summed E-state index contributed by atoms with van der Waals surface area (Å²) in [6, 6.07) is 14.9. The minimum atomic E-state index is -2.13. The van der Waals surface area contributed by atoms with Crippen LogP contribution in [-0.2, 0) is 54.5 Å². The van der Waals surface area contributed by atoms with Gasteiger partial charge in [-0.15, -0.1) is 0 Å². The number of aliphatic hydroxyl groups excluding tert-OH is 2. The summed E-state index contributed by atoms with van der Waals surface area (Å²) in [5.74, 6) is -7.07. The van der Waals surface area contributed by atoms with Crippen LogP contribution in [-0.4, -0.2) is 150 Å². The number of hydrogen-bond acceptors (Lipinski definition) is 22. The molecule has 0 bridgehead atoms. The SMILES string of the molecule is COc1cccc2c1C(=O)c1c(O)c3c(c(O)c1C2=O)C[C@@](O)(C(C)=O)C[C@@H]3O[C@H]1C[C@H](NCc2cccc(CN[C@@H]3C[C@@H](O[C@H]4C[C@](O)(C(C)=O)Cc5c(O)c6c(c(O)c54)C(=O)c4c(OC)cccc4C6=O)O[C@H](C)[C@@H]3O)c2)[C@H](O)[C@H](C)O1. The van der Waals surface area contributed by atoms with Gasteiger partial charge in [0.25, 0.3) is 0 Å². The first-order valence-electron chi connectivity index (χ1n) is 27.6. The van der Waals surface area contributed by atoms with E-state index in [0.29, 0.717) is 0 Å². The number of carbonyl (C=O) groups excluding carboxylic acids is 6. The first kappa shape index (κ1) is 58.3. The smallest absolute Gasteiger partial charge is 0.202 e. The summed E-state index contributed by atoms with van der Waals surface area (Å²) in [6.45, 7) is 6.02. The number of fused-ring (bicyclic) bond motifs is 6. The van der Waals surface area contributed by atoms with E-state index in [1.165, 1.54) is 50.6 Å². The molecule has 22 nitrogen and oxygen atoms in total. The van der Waals surface area contributed by atoms with Crippen molar-refractivity contribution in [3.63, 3.8) is 0 Å². The van der Waals surface area contributed by atoms with E-state index in [4.69, 9.17) is 28.4 Å². The summed E-state index contributed by atoms with van der Waals surface area (Å²) in [7, 11) is 2.64. The third kappa shape index (κ3) is 9.63. The lowest BCUT2D eigenvalue weighted by Gasteiger charge is -2.43. The molecule has 22 heteroatoms. The van der Waals surface area contributed by atoms with E-state index in [9.17, 15) is 69.6 Å². The molecule has 442 valence electrons. The Morgan fingerprint density at radius 1 is 0.560 bits per heavy atom. The fourth-order valence-corrected chi connectivity index (χ4v) is 13.0. The molecule has 10 N–H and O–H groups in total. The Morgan fingerprint density at radius 3 is 1.30 bits per heavy atom. The average molecular weight is 1160 g/mol. The minimum absolute atomic E-state index is 0.00480. The van der Waals surface area contributed by atoms with Crippen LogP contribution in [0.5, 0.6) is 34.5 Å². The molecule has 0 spiro atoms. The highest BCUT2D eigenvalue weighted by molar-refractivity contribution is 6.32. The van der Waals surface area contributed by atoms with Gasteiger partial charge in [0.2, 0.25) is 11.6 Å². The molecule has 4 aliphatic carbocycles. The summed E-state index contributed by atoms with van der Waals surface area (Å²) in [5.41, 5.74) is -5.49. The second-order valence-electron chi connectivity index (χ2n) is 22.7. The topological polar surface area (TPSA) is 344 Å². The highest BCUT2D eigenvalue weighted by atomic mass is 16.7. The Labute approximate surface area is 480 Å². The third-order valence-electron chi connectivity index (χ3n) is 17.6. The molecule has 0 saturated carbocycles. The maximum atomic E-state index is 14.2. The lowest BCUT2D eigenvalue weighted by Crippen LogP contribution is -2.54. The Kier molecular flexibility index (Phi) is 15.2. The summed E-state index contributed by atoms with van der Waals surface area (Å²) < 4.78 is 35.9. The normalized spacial score (nSPS) is 28.7. The summed E-state index contributed by atoms with van der Waals surface area (Å²) in [4.78, 5) is 82.3. The number of nitrogens with one attached hydrogen (secondary N) is 2. The number of aliphatic hydroxyl groups is 4. The van der Waals surface area contributed by atoms with Crippen molar-refractivity contribution in [2.24, 2.45) is 0 Å². The highest BCUT2D eigenvalue weighted by Crippen LogP contribution is 2.55. The van der Waals surface area contributed by atoms with Crippen LogP contribution in [0.4, 0.5) is 0 Å². The number of rotatable bonds is 14. The lowest BCUT2D eigenvalue weighted by molar-refractivity contribution is -0.250. The van der Waals surface area contributed by atoms with Crippen molar-refractivity contribution in [2.45, 2.75) is 152 Å². The van der Waals surface area contributed by atoms with Crippen LogP contribution in [0.15, 0.2) is 60.7 Å². The van der Waals surface area contributed by atoms with E-state index in [1.807, 2.05) is 24.3 Å². The van der Waals surface area contributed by atoms with E-state index in [2.05, 4.69) is 10.6 Å². The van der Waals surface area contributed by atoms with Gasteiger partial charge in [-0.3, -0.25) is 28.8 Å². The van der Waals surface area contributed by atoms with Crippen molar-refractivity contribution >= 4 is 34.7 Å². The molecular formula is C62H64N2O20. The van der Waals surface area contributed by atoms with Gasteiger partial charge in [-0.25, -0.2) is 0 Å². The molecule has 84 heavy (non-hydrogen) atoms. The van der Waals surface area contributed by atoms with E-state index >= 15 is 0 Å². The molecule has 0 unspecified atom stereocenters. The predicted octanol–water partition coefficient (Wildman–Crippen LogP) is 4.03. The van der Waals surface area contributed by atoms with Crippen LogP contribution < -0.4 is 20.1 Å². The van der Waals surface area contributed by atoms with E-state index in [1.54, 1.807) is 13.8 Å². The highest BCUT2D eigenvalue weighted by Gasteiger charge is 2.52. The number of ketones is 6. The monoisotopic (exact) mass is 1160 g/mol. The van der Waals surface area contributed by atoms with Crippen molar-refractivity contribution in [2.75, 3.05) is 14.2 Å². The van der Waals surface area contributed by atoms with Crippen LogP contribution in [0.25, 0.3) is 0 Å². The van der Waals surface area contributed by atoms with Crippen LogP contribution in [0.1, 0.15) is 163 Å². The number of aromatic hydroxyl groups is 4. The maximum Gasteiger partial charge on any atom is 0.202 e. The average Bonchev–Trinajstić information content (AvgIpc) is 0.760. The molecule has 6 aliphatic rings. The molecule has 0 radical (unpaired) electrons. The Hall–Kier alpha value is -7.48. The maximum absolute atomic E-state index is 14.2. The number of methoxy groups -OCH3 is 2. The molecule has 2 heterocycles. The van der Waals surface area contributed by atoms with Crippen LogP contribution in [0.3, 0.4) is 0 Å². The largest absolute Gasteiger partial charge is 0.507 e. The molecule has 5 aromatic carbocycles. The quantitative estimate of drug-likeness (QED) is 0.0687. The van der Waals surface area contributed by atoms with Gasteiger partial charge in [-0.1, -0.05) is 48.5 Å². The number of hydrogen-bond donors (Lipinski definition) is 10. The molecule has 12 atom stereocenters. The van der Waals surface area contributed by atoms with Gasteiger partial charge < -0.3 is 79.9 Å². The fourth-order valence-electron chi connectivity index (χ4n) is 13.0. The van der Waals surface area contributed by atoms with Gasteiger partial charge in [0, 0.05) is 97.1 Å². The van der Waals surface area contributed by atoms with Gasteiger partial charge in [-0.05, 0) is 51.0 Å². The Bertz CT molecular complexity index is 3390. The Morgan fingerprint density at radius 2 is 0.929 bits per heavy atom. The van der Waals surface area contributed by atoms with Gasteiger partial charge in [-0.2, -0.15) is 0 Å².